The summed E-state index contributed by atoms with van der Waals surface area (Å²) in [6.45, 7) is 12.0. The lowest BCUT2D eigenvalue weighted by Crippen LogP contribution is -2.41. The Hall–Kier alpha value is -0.650. The number of ether oxygens (including phenoxy) is 2. The summed E-state index contributed by atoms with van der Waals surface area (Å²) in [4.78, 5) is 14.4. The number of nitrogens with zero attached hydrogens (tertiary/aromatic N) is 1. The van der Waals surface area contributed by atoms with Crippen LogP contribution >= 0.6 is 0 Å². The number of rotatable bonds is 10. The van der Waals surface area contributed by atoms with E-state index in [1.165, 1.54) is 25.8 Å². The zero-order chi connectivity index (χ0) is 15.5. The fourth-order valence-electron chi connectivity index (χ4n) is 2.62. The van der Waals surface area contributed by atoms with Crippen molar-refractivity contribution in [2.45, 2.75) is 46.1 Å². The molecule has 21 heavy (non-hydrogen) atoms. The molecular formula is C16H32N2O3. The van der Waals surface area contributed by atoms with Crippen LogP contribution in [0.15, 0.2) is 0 Å². The zero-order valence-corrected chi connectivity index (χ0v) is 13.9. The van der Waals surface area contributed by atoms with Crippen LogP contribution in [0.3, 0.4) is 0 Å². The Kier molecular flexibility index (Phi) is 9.63. The van der Waals surface area contributed by atoms with Gasteiger partial charge in [0.15, 0.2) is 0 Å². The van der Waals surface area contributed by atoms with Crippen molar-refractivity contribution >= 4 is 5.91 Å². The topological polar surface area (TPSA) is 50.8 Å². The van der Waals surface area contributed by atoms with Crippen LogP contribution < -0.4 is 5.32 Å². The second-order valence-corrected chi connectivity index (χ2v) is 5.74. The highest BCUT2D eigenvalue weighted by Gasteiger charge is 2.20. The number of hydrogen-bond donors (Lipinski definition) is 1. The molecule has 0 unspecified atom stereocenters. The Morgan fingerprint density at radius 3 is 2.62 bits per heavy atom. The van der Waals surface area contributed by atoms with E-state index in [0.717, 1.165) is 19.6 Å². The molecule has 0 bridgehead atoms. The summed E-state index contributed by atoms with van der Waals surface area (Å²) < 4.78 is 10.6. The first kappa shape index (κ1) is 18.4. The molecule has 0 saturated carbocycles. The fourth-order valence-corrected chi connectivity index (χ4v) is 2.62. The van der Waals surface area contributed by atoms with Crippen molar-refractivity contribution in [2.75, 3.05) is 46.0 Å². The molecule has 0 aliphatic carbocycles. The lowest BCUT2D eigenvalue weighted by molar-refractivity contribution is -0.132. The lowest BCUT2D eigenvalue weighted by Gasteiger charge is -2.31. The summed E-state index contributed by atoms with van der Waals surface area (Å²) in [6.07, 6.45) is 3.18. The molecule has 124 valence electrons. The maximum absolute atomic E-state index is 11.9. The second-order valence-electron chi connectivity index (χ2n) is 5.74. The van der Waals surface area contributed by atoms with Crippen molar-refractivity contribution in [3.8, 4) is 0 Å². The summed E-state index contributed by atoms with van der Waals surface area (Å²) in [7, 11) is 0. The van der Waals surface area contributed by atoms with Gasteiger partial charge in [-0.2, -0.15) is 0 Å². The molecule has 0 spiro atoms. The first-order valence-corrected chi connectivity index (χ1v) is 8.36. The van der Waals surface area contributed by atoms with Crippen LogP contribution in [0.5, 0.6) is 0 Å². The summed E-state index contributed by atoms with van der Waals surface area (Å²) >= 11 is 0. The van der Waals surface area contributed by atoms with E-state index < -0.39 is 6.10 Å². The van der Waals surface area contributed by atoms with Gasteiger partial charge in [-0.15, -0.1) is 0 Å². The predicted octanol–water partition coefficient (Wildman–Crippen LogP) is 1.67. The molecule has 0 radical (unpaired) electrons. The maximum Gasteiger partial charge on any atom is 0.248 e. The number of carbonyl (C=O) groups excluding carboxylic acids is 1. The molecule has 1 atom stereocenters. The van der Waals surface area contributed by atoms with Gasteiger partial charge in [-0.1, -0.05) is 6.92 Å². The van der Waals surface area contributed by atoms with Crippen LogP contribution in [-0.2, 0) is 14.3 Å². The van der Waals surface area contributed by atoms with Crippen molar-refractivity contribution in [2.24, 2.45) is 5.92 Å². The molecule has 1 aliphatic heterocycles. The van der Waals surface area contributed by atoms with E-state index >= 15 is 0 Å². The van der Waals surface area contributed by atoms with Crippen molar-refractivity contribution in [1.82, 2.24) is 10.2 Å². The van der Waals surface area contributed by atoms with Gasteiger partial charge in [-0.3, -0.25) is 4.79 Å². The SMILES string of the molecule is CCCN1CCC(CNC(=O)[C@H](C)OCCOCC)CC1. The minimum Gasteiger partial charge on any atom is -0.379 e. The molecule has 1 amide bonds. The summed E-state index contributed by atoms with van der Waals surface area (Å²) in [6, 6.07) is 0. The average molecular weight is 300 g/mol. The smallest absolute Gasteiger partial charge is 0.248 e. The number of carbonyl (C=O) groups is 1. The standard InChI is InChI=1S/C16H32N2O3/c1-4-8-18-9-6-15(7-10-18)13-17-16(19)14(3)21-12-11-20-5-2/h14-15H,4-13H2,1-3H3,(H,17,19)/t14-/m0/s1. The highest BCUT2D eigenvalue weighted by molar-refractivity contribution is 5.80. The largest absolute Gasteiger partial charge is 0.379 e. The van der Waals surface area contributed by atoms with Gasteiger partial charge in [0, 0.05) is 13.2 Å². The third-order valence-corrected chi connectivity index (χ3v) is 3.98. The van der Waals surface area contributed by atoms with Gasteiger partial charge < -0.3 is 19.7 Å². The summed E-state index contributed by atoms with van der Waals surface area (Å²) in [5, 5.41) is 3.02. The Labute approximate surface area is 129 Å². The van der Waals surface area contributed by atoms with E-state index in [9.17, 15) is 4.79 Å². The molecule has 0 aromatic rings. The number of piperidine rings is 1. The van der Waals surface area contributed by atoms with E-state index in [0.29, 0.717) is 25.7 Å². The van der Waals surface area contributed by atoms with E-state index in [1.54, 1.807) is 6.92 Å². The van der Waals surface area contributed by atoms with Gasteiger partial charge in [0.2, 0.25) is 5.91 Å². The zero-order valence-electron chi connectivity index (χ0n) is 13.9. The van der Waals surface area contributed by atoms with Crippen LogP contribution in [0.25, 0.3) is 0 Å². The minimum absolute atomic E-state index is 0.0116. The average Bonchev–Trinajstić information content (AvgIpc) is 2.50. The van der Waals surface area contributed by atoms with Gasteiger partial charge in [-0.25, -0.2) is 0 Å². The Balaban J connectivity index is 2.10. The number of hydrogen-bond acceptors (Lipinski definition) is 4. The molecule has 5 nitrogen and oxygen atoms in total. The fraction of sp³-hybridized carbons (Fsp3) is 0.938. The van der Waals surface area contributed by atoms with Gasteiger partial charge in [0.25, 0.3) is 0 Å². The minimum atomic E-state index is -0.398. The molecule has 0 aromatic heterocycles. The van der Waals surface area contributed by atoms with Crippen LogP contribution in [-0.4, -0.2) is 62.9 Å². The monoisotopic (exact) mass is 300 g/mol. The first-order valence-electron chi connectivity index (χ1n) is 8.36. The van der Waals surface area contributed by atoms with Crippen molar-refractivity contribution in [3.63, 3.8) is 0 Å². The van der Waals surface area contributed by atoms with Gasteiger partial charge >= 0.3 is 0 Å². The lowest BCUT2D eigenvalue weighted by atomic mass is 9.96. The van der Waals surface area contributed by atoms with Crippen LogP contribution in [0.1, 0.15) is 40.0 Å². The van der Waals surface area contributed by atoms with Crippen molar-refractivity contribution < 1.29 is 14.3 Å². The van der Waals surface area contributed by atoms with E-state index in [-0.39, 0.29) is 5.91 Å². The molecule has 1 fully saturated rings. The second kappa shape index (κ2) is 11.0. The third-order valence-electron chi connectivity index (χ3n) is 3.98. The molecule has 1 heterocycles. The Morgan fingerprint density at radius 1 is 1.29 bits per heavy atom. The van der Waals surface area contributed by atoms with Crippen molar-refractivity contribution in [1.29, 1.82) is 0 Å². The summed E-state index contributed by atoms with van der Waals surface area (Å²) in [5.41, 5.74) is 0. The summed E-state index contributed by atoms with van der Waals surface area (Å²) in [5.74, 6) is 0.597. The van der Waals surface area contributed by atoms with Crippen molar-refractivity contribution in [3.05, 3.63) is 0 Å². The highest BCUT2D eigenvalue weighted by Crippen LogP contribution is 2.16. The highest BCUT2D eigenvalue weighted by atomic mass is 16.5. The molecule has 1 rings (SSSR count). The van der Waals surface area contributed by atoms with Gasteiger partial charge in [0.1, 0.15) is 6.10 Å². The molecule has 1 saturated heterocycles. The third kappa shape index (κ3) is 7.79. The van der Waals surface area contributed by atoms with Gasteiger partial charge in [0.05, 0.1) is 13.2 Å². The number of amides is 1. The predicted molar refractivity (Wildman–Crippen MR) is 84.4 cm³/mol. The normalized spacial score (nSPS) is 18.6. The van der Waals surface area contributed by atoms with E-state index in [2.05, 4.69) is 17.1 Å². The number of likely N-dealkylation sites (tertiary alicyclic amines) is 1. The molecule has 5 heteroatoms. The van der Waals surface area contributed by atoms with Gasteiger partial charge in [-0.05, 0) is 58.7 Å². The Morgan fingerprint density at radius 2 is 2.00 bits per heavy atom. The molecule has 1 aliphatic rings. The molecule has 0 aromatic carbocycles. The Bertz CT molecular complexity index is 279. The van der Waals surface area contributed by atoms with E-state index in [4.69, 9.17) is 9.47 Å². The first-order chi connectivity index (χ1) is 10.2. The van der Waals surface area contributed by atoms with Crippen LogP contribution in [0.4, 0.5) is 0 Å². The quantitative estimate of drug-likeness (QED) is 0.624. The van der Waals surface area contributed by atoms with Crippen LogP contribution in [0, 0.1) is 5.92 Å². The number of nitrogens with one attached hydrogen (secondary N) is 1. The molecular weight excluding hydrogens is 268 g/mol. The van der Waals surface area contributed by atoms with E-state index in [1.807, 2.05) is 6.92 Å². The molecule has 1 N–H and O–H groups in total. The van der Waals surface area contributed by atoms with Crippen LogP contribution in [0.2, 0.25) is 0 Å². The maximum atomic E-state index is 11.9.